The molecule has 17 heavy (non-hydrogen) atoms. The number of nitrogens with two attached hydrogens (primary N) is 1. The van der Waals surface area contributed by atoms with Crippen molar-refractivity contribution < 1.29 is 0 Å². The molecule has 0 radical (unpaired) electrons. The molecule has 0 heterocycles. The average molecular weight is 299 g/mol. The molecule has 0 spiro atoms. The van der Waals surface area contributed by atoms with Gasteiger partial charge in [-0.25, -0.2) is 0 Å². The number of hydrogen-bond donors (Lipinski definition) is 1. The standard InChI is InChI=1S/C14H23BrN2/c1-4-6-9-17(5-2)14-8-7-12(11(3)16)10-13(14)15/h7-8,10-11H,4-6,9,16H2,1-3H3/t11-/m0/s1. The van der Waals surface area contributed by atoms with E-state index in [4.69, 9.17) is 5.73 Å². The molecule has 0 aliphatic heterocycles. The molecule has 1 rings (SSSR count). The molecule has 1 aromatic carbocycles. The predicted molar refractivity (Wildman–Crippen MR) is 79.5 cm³/mol. The zero-order valence-corrected chi connectivity index (χ0v) is 12.6. The third kappa shape index (κ3) is 4.00. The number of nitrogens with zero attached hydrogens (tertiary/aromatic N) is 1. The van der Waals surface area contributed by atoms with Crippen LogP contribution in [0.3, 0.4) is 0 Å². The van der Waals surface area contributed by atoms with E-state index in [1.54, 1.807) is 0 Å². The van der Waals surface area contributed by atoms with Gasteiger partial charge in [-0.1, -0.05) is 19.4 Å². The van der Waals surface area contributed by atoms with Gasteiger partial charge in [-0.05, 0) is 53.9 Å². The van der Waals surface area contributed by atoms with Gasteiger partial charge < -0.3 is 10.6 Å². The second-order valence-corrected chi connectivity index (χ2v) is 5.29. The van der Waals surface area contributed by atoms with Gasteiger partial charge in [0.15, 0.2) is 0 Å². The van der Waals surface area contributed by atoms with Gasteiger partial charge in [0.2, 0.25) is 0 Å². The third-order valence-electron chi connectivity index (χ3n) is 3.00. The lowest BCUT2D eigenvalue weighted by atomic mass is 10.1. The lowest BCUT2D eigenvalue weighted by Gasteiger charge is -2.25. The van der Waals surface area contributed by atoms with Gasteiger partial charge >= 0.3 is 0 Å². The van der Waals surface area contributed by atoms with Crippen molar-refractivity contribution in [3.63, 3.8) is 0 Å². The van der Waals surface area contributed by atoms with Gasteiger partial charge in [0.25, 0.3) is 0 Å². The molecule has 1 aromatic rings. The lowest BCUT2D eigenvalue weighted by Crippen LogP contribution is -2.24. The molecule has 96 valence electrons. The van der Waals surface area contributed by atoms with Crippen molar-refractivity contribution in [1.82, 2.24) is 0 Å². The summed E-state index contributed by atoms with van der Waals surface area (Å²) in [6, 6.07) is 6.52. The molecular formula is C14H23BrN2. The zero-order valence-electron chi connectivity index (χ0n) is 11.0. The topological polar surface area (TPSA) is 29.3 Å². The maximum Gasteiger partial charge on any atom is 0.0510 e. The van der Waals surface area contributed by atoms with E-state index in [0.717, 1.165) is 17.6 Å². The monoisotopic (exact) mass is 298 g/mol. The van der Waals surface area contributed by atoms with Gasteiger partial charge in [-0.3, -0.25) is 0 Å². The predicted octanol–water partition coefficient (Wildman–Crippen LogP) is 4.10. The van der Waals surface area contributed by atoms with Crippen LogP contribution in [0.15, 0.2) is 22.7 Å². The Morgan fingerprint density at radius 3 is 2.53 bits per heavy atom. The van der Waals surface area contributed by atoms with E-state index >= 15 is 0 Å². The van der Waals surface area contributed by atoms with Crippen LogP contribution in [0.5, 0.6) is 0 Å². The Hall–Kier alpha value is -0.540. The molecule has 1 atom stereocenters. The SMILES string of the molecule is CCCCN(CC)c1ccc([C@H](C)N)cc1Br. The Bertz CT molecular complexity index is 350. The number of halogens is 1. The van der Waals surface area contributed by atoms with E-state index in [0.29, 0.717) is 0 Å². The van der Waals surface area contributed by atoms with Crippen LogP contribution in [-0.4, -0.2) is 13.1 Å². The van der Waals surface area contributed by atoms with Crippen LogP contribution in [0.25, 0.3) is 0 Å². The molecule has 0 unspecified atom stereocenters. The van der Waals surface area contributed by atoms with Crippen LogP contribution >= 0.6 is 15.9 Å². The van der Waals surface area contributed by atoms with Crippen LogP contribution < -0.4 is 10.6 Å². The highest BCUT2D eigenvalue weighted by Crippen LogP contribution is 2.29. The van der Waals surface area contributed by atoms with Crippen molar-refractivity contribution in [2.24, 2.45) is 5.73 Å². The molecule has 3 heteroatoms. The van der Waals surface area contributed by atoms with Gasteiger partial charge in [0.1, 0.15) is 0 Å². The normalized spacial score (nSPS) is 12.5. The Kier molecular flexibility index (Phi) is 6.00. The van der Waals surface area contributed by atoms with E-state index in [9.17, 15) is 0 Å². The molecule has 2 N–H and O–H groups in total. The van der Waals surface area contributed by atoms with Crippen LogP contribution in [-0.2, 0) is 0 Å². The first kappa shape index (κ1) is 14.5. The zero-order chi connectivity index (χ0) is 12.8. The summed E-state index contributed by atoms with van der Waals surface area (Å²) in [5.74, 6) is 0. The minimum atomic E-state index is 0.0890. The van der Waals surface area contributed by atoms with Crippen LogP contribution in [0, 0.1) is 0 Å². The third-order valence-corrected chi connectivity index (χ3v) is 3.64. The molecule has 0 saturated carbocycles. The Labute approximate surface area is 113 Å². The maximum absolute atomic E-state index is 5.89. The first-order valence-corrected chi connectivity index (χ1v) is 7.19. The molecular weight excluding hydrogens is 276 g/mol. The Morgan fingerprint density at radius 2 is 2.06 bits per heavy atom. The quantitative estimate of drug-likeness (QED) is 0.857. The van der Waals surface area contributed by atoms with E-state index in [-0.39, 0.29) is 6.04 Å². The van der Waals surface area contributed by atoms with Crippen molar-refractivity contribution in [2.75, 3.05) is 18.0 Å². The summed E-state index contributed by atoms with van der Waals surface area (Å²) in [4.78, 5) is 2.40. The second-order valence-electron chi connectivity index (χ2n) is 4.43. The fraction of sp³-hybridized carbons (Fsp3) is 0.571. The molecule has 0 saturated heterocycles. The van der Waals surface area contributed by atoms with Gasteiger partial charge in [-0.2, -0.15) is 0 Å². The number of hydrogen-bond acceptors (Lipinski definition) is 2. The molecule has 0 bridgehead atoms. The van der Waals surface area contributed by atoms with Crippen molar-refractivity contribution in [3.05, 3.63) is 28.2 Å². The van der Waals surface area contributed by atoms with Gasteiger partial charge in [0.05, 0.1) is 5.69 Å². The van der Waals surface area contributed by atoms with E-state index < -0.39 is 0 Å². The van der Waals surface area contributed by atoms with Gasteiger partial charge in [0, 0.05) is 23.6 Å². The lowest BCUT2D eigenvalue weighted by molar-refractivity contribution is 0.730. The summed E-state index contributed by atoms with van der Waals surface area (Å²) in [6.07, 6.45) is 2.46. The molecule has 0 fully saturated rings. The van der Waals surface area contributed by atoms with Crippen molar-refractivity contribution in [3.8, 4) is 0 Å². The largest absolute Gasteiger partial charge is 0.371 e. The average Bonchev–Trinajstić information content (AvgIpc) is 2.31. The van der Waals surface area contributed by atoms with Gasteiger partial charge in [-0.15, -0.1) is 0 Å². The first-order chi connectivity index (χ1) is 8.10. The van der Waals surface area contributed by atoms with Crippen LogP contribution in [0.4, 0.5) is 5.69 Å². The minimum Gasteiger partial charge on any atom is -0.371 e. The molecule has 0 aliphatic rings. The highest BCUT2D eigenvalue weighted by Gasteiger charge is 2.09. The van der Waals surface area contributed by atoms with E-state index in [1.807, 2.05) is 6.92 Å². The molecule has 0 aliphatic carbocycles. The fourth-order valence-corrected chi connectivity index (χ4v) is 2.51. The number of unbranched alkanes of at least 4 members (excludes halogenated alkanes) is 1. The molecule has 0 amide bonds. The molecule has 2 nitrogen and oxygen atoms in total. The highest BCUT2D eigenvalue weighted by atomic mass is 79.9. The highest BCUT2D eigenvalue weighted by molar-refractivity contribution is 9.10. The molecule has 0 aromatic heterocycles. The summed E-state index contributed by atoms with van der Waals surface area (Å²) >= 11 is 3.65. The Morgan fingerprint density at radius 1 is 1.35 bits per heavy atom. The van der Waals surface area contributed by atoms with Crippen molar-refractivity contribution >= 4 is 21.6 Å². The minimum absolute atomic E-state index is 0.0890. The van der Waals surface area contributed by atoms with E-state index in [1.165, 1.54) is 24.1 Å². The Balaban J connectivity index is 2.88. The van der Waals surface area contributed by atoms with E-state index in [2.05, 4.69) is 52.9 Å². The fourth-order valence-electron chi connectivity index (χ4n) is 1.86. The number of anilines is 1. The summed E-state index contributed by atoms with van der Waals surface area (Å²) in [6.45, 7) is 8.58. The summed E-state index contributed by atoms with van der Waals surface area (Å²) in [7, 11) is 0. The second kappa shape index (κ2) is 7.02. The van der Waals surface area contributed by atoms with Crippen LogP contribution in [0.2, 0.25) is 0 Å². The maximum atomic E-state index is 5.89. The summed E-state index contributed by atoms with van der Waals surface area (Å²) < 4.78 is 1.14. The summed E-state index contributed by atoms with van der Waals surface area (Å²) in [5, 5.41) is 0. The summed E-state index contributed by atoms with van der Waals surface area (Å²) in [5.41, 5.74) is 8.33. The first-order valence-electron chi connectivity index (χ1n) is 6.40. The smallest absolute Gasteiger partial charge is 0.0510 e. The number of benzene rings is 1. The van der Waals surface area contributed by atoms with Crippen molar-refractivity contribution in [2.45, 2.75) is 39.7 Å². The van der Waals surface area contributed by atoms with Crippen LogP contribution in [0.1, 0.15) is 45.2 Å². The van der Waals surface area contributed by atoms with Crippen molar-refractivity contribution in [1.29, 1.82) is 0 Å². The number of rotatable bonds is 6.